The van der Waals surface area contributed by atoms with Gasteiger partial charge in [0.1, 0.15) is 10.8 Å². The fourth-order valence-corrected chi connectivity index (χ4v) is 2.95. The predicted molar refractivity (Wildman–Crippen MR) is 88.8 cm³/mol. The van der Waals surface area contributed by atoms with Crippen LogP contribution in [0.2, 0.25) is 0 Å². The van der Waals surface area contributed by atoms with Gasteiger partial charge in [0.25, 0.3) is 0 Å². The summed E-state index contributed by atoms with van der Waals surface area (Å²) in [6, 6.07) is 2.12. The van der Waals surface area contributed by atoms with E-state index in [4.69, 9.17) is 11.7 Å². The summed E-state index contributed by atoms with van der Waals surface area (Å²) in [6.07, 6.45) is 7.06. The standard InChI is InChI=1S/C15H16FN5OS/c16-11-4-5-12(21(18)15(22)20-17)10(14(11)9-1-2-9)3-6-13-19-7-8-23-13/h3-9H,1-2,17-18H2,(H,20,22)/b6-3+. The average Bonchev–Trinajstić information content (AvgIpc) is 3.26. The Morgan fingerprint density at radius 3 is 2.83 bits per heavy atom. The molecule has 2 aromatic rings. The van der Waals surface area contributed by atoms with Gasteiger partial charge in [0.05, 0.1) is 5.69 Å². The van der Waals surface area contributed by atoms with Crippen molar-refractivity contribution in [3.63, 3.8) is 0 Å². The number of carbonyl (C=O) groups is 1. The second kappa shape index (κ2) is 6.45. The van der Waals surface area contributed by atoms with Gasteiger partial charge in [-0.3, -0.25) is 5.43 Å². The molecule has 1 saturated carbocycles. The summed E-state index contributed by atoms with van der Waals surface area (Å²) in [5, 5.41) is 3.52. The van der Waals surface area contributed by atoms with E-state index in [0.29, 0.717) is 16.8 Å². The third-order valence-electron chi connectivity index (χ3n) is 3.64. The minimum Gasteiger partial charge on any atom is -0.274 e. The van der Waals surface area contributed by atoms with Crippen molar-refractivity contribution in [1.29, 1.82) is 0 Å². The molecule has 0 atom stereocenters. The summed E-state index contributed by atoms with van der Waals surface area (Å²) in [4.78, 5) is 15.9. The van der Waals surface area contributed by atoms with Crippen LogP contribution in [0, 0.1) is 5.82 Å². The summed E-state index contributed by atoms with van der Waals surface area (Å²) < 4.78 is 14.3. The second-order valence-electron chi connectivity index (χ2n) is 5.19. The SMILES string of the molecule is NNC(=O)N(N)c1ccc(F)c(C2CC2)c1/C=C/c1nccs1. The van der Waals surface area contributed by atoms with E-state index < -0.39 is 6.03 Å². The number of nitrogens with two attached hydrogens (primary N) is 2. The van der Waals surface area contributed by atoms with Crippen LogP contribution in [0.4, 0.5) is 14.9 Å². The van der Waals surface area contributed by atoms with Gasteiger partial charge >= 0.3 is 6.03 Å². The molecule has 5 N–H and O–H groups in total. The molecule has 1 heterocycles. The van der Waals surface area contributed by atoms with E-state index in [1.165, 1.54) is 23.5 Å². The molecule has 2 amide bonds. The molecule has 1 aliphatic carbocycles. The number of hydrazine groups is 2. The molecular formula is C15H16FN5OS. The fourth-order valence-electron chi connectivity index (χ4n) is 2.42. The maximum Gasteiger partial charge on any atom is 0.350 e. The summed E-state index contributed by atoms with van der Waals surface area (Å²) in [7, 11) is 0. The van der Waals surface area contributed by atoms with Crippen molar-refractivity contribution in [3.05, 3.63) is 45.7 Å². The van der Waals surface area contributed by atoms with Gasteiger partial charge < -0.3 is 0 Å². The van der Waals surface area contributed by atoms with Crippen molar-refractivity contribution in [2.45, 2.75) is 18.8 Å². The zero-order valence-corrected chi connectivity index (χ0v) is 13.0. The van der Waals surface area contributed by atoms with E-state index in [-0.39, 0.29) is 11.7 Å². The van der Waals surface area contributed by atoms with Crippen LogP contribution in [0.3, 0.4) is 0 Å². The van der Waals surface area contributed by atoms with Crippen molar-refractivity contribution >= 4 is 35.2 Å². The van der Waals surface area contributed by atoms with Crippen LogP contribution >= 0.6 is 11.3 Å². The molecule has 0 aliphatic heterocycles. The summed E-state index contributed by atoms with van der Waals surface area (Å²) >= 11 is 1.47. The first kappa shape index (κ1) is 15.6. The summed E-state index contributed by atoms with van der Waals surface area (Å²) in [5.74, 6) is 10.8. The van der Waals surface area contributed by atoms with Crippen molar-refractivity contribution in [3.8, 4) is 0 Å². The van der Waals surface area contributed by atoms with E-state index in [0.717, 1.165) is 22.9 Å². The number of nitrogens with zero attached hydrogens (tertiary/aromatic N) is 2. The Morgan fingerprint density at radius 2 is 2.22 bits per heavy atom. The lowest BCUT2D eigenvalue weighted by Gasteiger charge is -2.20. The van der Waals surface area contributed by atoms with Crippen molar-refractivity contribution in [2.24, 2.45) is 11.7 Å². The molecule has 0 saturated heterocycles. The smallest absolute Gasteiger partial charge is 0.274 e. The van der Waals surface area contributed by atoms with Crippen LogP contribution in [-0.4, -0.2) is 11.0 Å². The molecular weight excluding hydrogens is 317 g/mol. The van der Waals surface area contributed by atoms with Gasteiger partial charge in [0.2, 0.25) is 0 Å². The lowest BCUT2D eigenvalue weighted by atomic mass is 9.99. The topological polar surface area (TPSA) is 97.3 Å². The minimum absolute atomic E-state index is 0.153. The largest absolute Gasteiger partial charge is 0.350 e. The third-order valence-corrected chi connectivity index (χ3v) is 4.38. The lowest BCUT2D eigenvalue weighted by molar-refractivity contribution is 0.246. The number of urea groups is 1. The Bertz CT molecular complexity index is 743. The van der Waals surface area contributed by atoms with E-state index in [9.17, 15) is 9.18 Å². The molecule has 1 fully saturated rings. The van der Waals surface area contributed by atoms with E-state index >= 15 is 0 Å². The maximum absolute atomic E-state index is 14.3. The van der Waals surface area contributed by atoms with Crippen molar-refractivity contribution in [1.82, 2.24) is 10.4 Å². The number of hydrogen-bond donors (Lipinski definition) is 3. The molecule has 0 spiro atoms. The number of aromatic nitrogens is 1. The zero-order chi connectivity index (χ0) is 16.4. The summed E-state index contributed by atoms with van der Waals surface area (Å²) in [6.45, 7) is 0. The number of hydrogen-bond acceptors (Lipinski definition) is 5. The second-order valence-corrected chi connectivity index (χ2v) is 6.12. The first-order valence-corrected chi connectivity index (χ1v) is 7.95. The van der Waals surface area contributed by atoms with Crippen LogP contribution in [0.25, 0.3) is 12.2 Å². The lowest BCUT2D eigenvalue weighted by Crippen LogP contribution is -2.48. The van der Waals surface area contributed by atoms with Crippen LogP contribution in [-0.2, 0) is 0 Å². The highest BCUT2D eigenvalue weighted by Crippen LogP contribution is 2.45. The normalized spacial score (nSPS) is 14.2. The van der Waals surface area contributed by atoms with Gasteiger partial charge in [-0.2, -0.15) is 0 Å². The molecule has 0 bridgehead atoms. The Morgan fingerprint density at radius 1 is 1.43 bits per heavy atom. The predicted octanol–water partition coefficient (Wildman–Crippen LogP) is 2.59. The monoisotopic (exact) mass is 333 g/mol. The first-order valence-electron chi connectivity index (χ1n) is 7.07. The molecule has 3 rings (SSSR count). The number of carbonyl (C=O) groups excluding carboxylic acids is 1. The number of halogens is 1. The fraction of sp³-hybridized carbons (Fsp3) is 0.200. The van der Waals surface area contributed by atoms with Gasteiger partial charge in [0.15, 0.2) is 0 Å². The molecule has 120 valence electrons. The van der Waals surface area contributed by atoms with Gasteiger partial charge in [-0.15, -0.1) is 11.3 Å². The van der Waals surface area contributed by atoms with Gasteiger partial charge in [-0.25, -0.2) is 30.9 Å². The highest BCUT2D eigenvalue weighted by molar-refractivity contribution is 7.10. The van der Waals surface area contributed by atoms with Crippen LogP contribution in [0.5, 0.6) is 0 Å². The van der Waals surface area contributed by atoms with Crippen LogP contribution in [0.15, 0.2) is 23.7 Å². The maximum atomic E-state index is 14.3. The number of anilines is 1. The van der Waals surface area contributed by atoms with Gasteiger partial charge in [0, 0.05) is 22.7 Å². The number of thiazole rings is 1. The molecule has 1 aromatic carbocycles. The number of amides is 2. The molecule has 23 heavy (non-hydrogen) atoms. The number of rotatable bonds is 4. The first-order chi connectivity index (χ1) is 11.1. The van der Waals surface area contributed by atoms with Crippen molar-refractivity contribution in [2.75, 3.05) is 5.01 Å². The van der Waals surface area contributed by atoms with Crippen LogP contribution in [0.1, 0.15) is 34.9 Å². The van der Waals surface area contributed by atoms with E-state index in [1.807, 2.05) is 10.8 Å². The summed E-state index contributed by atoms with van der Waals surface area (Å²) in [5.41, 5.74) is 3.52. The Balaban J connectivity index is 2.08. The Labute approximate surface area is 136 Å². The highest BCUT2D eigenvalue weighted by atomic mass is 32.1. The third kappa shape index (κ3) is 3.24. The molecule has 8 heteroatoms. The molecule has 0 radical (unpaired) electrons. The Kier molecular flexibility index (Phi) is 4.37. The van der Waals surface area contributed by atoms with Crippen molar-refractivity contribution < 1.29 is 9.18 Å². The average molecular weight is 333 g/mol. The zero-order valence-electron chi connectivity index (χ0n) is 12.2. The van der Waals surface area contributed by atoms with Gasteiger partial charge in [-0.05, 0) is 43.0 Å². The van der Waals surface area contributed by atoms with Crippen LogP contribution < -0.4 is 22.1 Å². The van der Waals surface area contributed by atoms with E-state index in [2.05, 4.69) is 4.98 Å². The molecule has 0 unspecified atom stereocenters. The number of benzene rings is 1. The quantitative estimate of drug-likeness (QED) is 0.455. The minimum atomic E-state index is -0.678. The molecule has 1 aromatic heterocycles. The van der Waals surface area contributed by atoms with Gasteiger partial charge in [-0.1, -0.05) is 0 Å². The molecule has 6 nitrogen and oxygen atoms in total. The molecule has 1 aliphatic rings. The van der Waals surface area contributed by atoms with E-state index in [1.54, 1.807) is 18.3 Å². The highest BCUT2D eigenvalue weighted by Gasteiger charge is 2.31. The Hall–Kier alpha value is -2.29. The number of nitrogens with one attached hydrogen (secondary N) is 1.